The summed E-state index contributed by atoms with van der Waals surface area (Å²) in [7, 11) is 0. The van der Waals surface area contributed by atoms with Gasteiger partial charge in [-0.05, 0) is 220 Å². The fourth-order valence-electron chi connectivity index (χ4n) is 6.74. The molecule has 0 fully saturated rings. The summed E-state index contributed by atoms with van der Waals surface area (Å²) in [5.41, 5.74) is 16.3. The van der Waals surface area contributed by atoms with Gasteiger partial charge in [0.1, 0.15) is 0 Å². The van der Waals surface area contributed by atoms with Crippen LogP contribution in [-0.2, 0) is 26.8 Å². The molecule has 9 aromatic rings. The van der Waals surface area contributed by atoms with Crippen molar-refractivity contribution >= 4 is 150 Å². The number of hydrogen-bond donors (Lipinski definition) is 1. The first-order valence-electron chi connectivity index (χ1n) is 20.6. The maximum absolute atomic E-state index is 8.64. The predicted octanol–water partition coefficient (Wildman–Crippen LogP) is 11.3. The minimum absolute atomic E-state index is 0. The summed E-state index contributed by atoms with van der Waals surface area (Å²) < 4.78 is 5.42. The fraction of sp³-hybridized carbons (Fsp3) is 0. The van der Waals surface area contributed by atoms with E-state index in [9.17, 15) is 0 Å². The molecule has 349 valence electrons. The standard InChI is InChI=1S/C30H22Br2N2.C18H14Br2N2.C6H5I.CH2O3.Cu.2K.H/c31-27-15-7-9-17-29(27)34(30-18-10-8-16-28(30)32)26-21-19-25(20-22-26)33(23-11-3-1-4-12-23)24-13-5-2-6-14-24;19-15-5-1-3-7-17(15)22(14-11-9-13(21)10-12-14)18-8-4-2-6-16(18)20;7-6-4-2-1-3-5-6;2-1-4-3;;;;/h1-22H;1-12H,21H2;1-5H;1,3H;;;;/q;;;;;2*+1;-1/p-1. The third-order valence-electron chi connectivity index (χ3n) is 9.69. The number of hydrogen-bond acceptors (Lipinski definition) is 7. The Morgan fingerprint density at radius 1 is 0.400 bits per heavy atom. The molecular formula is C55H43Br4CuIK2N4O3. The molecule has 0 unspecified atom stereocenters. The summed E-state index contributed by atoms with van der Waals surface area (Å²) in [5, 5.41) is 8.43. The smallest absolute Gasteiger partial charge is 1.00 e. The summed E-state index contributed by atoms with van der Waals surface area (Å²) in [5.74, 6) is 0. The van der Waals surface area contributed by atoms with Crippen molar-refractivity contribution in [3.05, 3.63) is 258 Å². The van der Waals surface area contributed by atoms with Crippen molar-refractivity contribution in [2.75, 3.05) is 20.4 Å². The van der Waals surface area contributed by atoms with E-state index in [4.69, 9.17) is 15.8 Å². The quantitative estimate of drug-likeness (QED) is 0.0365. The zero-order chi connectivity index (χ0) is 47.4. The zero-order valence-corrected chi connectivity index (χ0v) is 53.6. The molecular weight excluding hydrogens is 1350 g/mol. The van der Waals surface area contributed by atoms with Gasteiger partial charge in [0.15, 0.2) is 0 Å². The zero-order valence-electron chi connectivity index (χ0n) is 38.9. The third-order valence-corrected chi connectivity index (χ3v) is 13.1. The van der Waals surface area contributed by atoms with Crippen LogP contribution in [0.1, 0.15) is 1.43 Å². The van der Waals surface area contributed by atoms with E-state index in [0.717, 1.165) is 74.8 Å². The normalized spacial score (nSPS) is 9.63. The van der Waals surface area contributed by atoms with Crippen LogP contribution in [0.15, 0.2) is 254 Å². The minimum atomic E-state index is -0.181. The second-order valence-corrected chi connectivity index (χ2v) is 18.7. The SMILES string of the molecule is Brc1ccccc1N(c1ccc(N(c2ccccc2)c2ccccc2)cc1)c1ccccc1Br.Ic1ccccc1.Nc1ccc(N(c2ccccc2Br)c2ccccc2Br)cc1.O=CO[O-].[Cu].[H-].[K+].[K+]. The average molecular weight is 1400 g/mol. The Balaban J connectivity index is 0.000000401. The van der Waals surface area contributed by atoms with E-state index in [2.05, 4.69) is 239 Å². The molecule has 0 heterocycles. The number of carbonyl (C=O) groups is 1. The van der Waals surface area contributed by atoms with Gasteiger partial charge in [-0.1, -0.05) is 103 Å². The molecule has 0 amide bonds. The second kappa shape index (κ2) is 33.8. The van der Waals surface area contributed by atoms with E-state index >= 15 is 0 Å². The summed E-state index contributed by atoms with van der Waals surface area (Å²) in [6.45, 7) is -0.181. The maximum Gasteiger partial charge on any atom is 1.00 e. The second-order valence-electron chi connectivity index (χ2n) is 14.1. The molecule has 9 aromatic carbocycles. The Labute approximate surface area is 555 Å². The molecule has 1 radical (unpaired) electrons. The van der Waals surface area contributed by atoms with Crippen LogP contribution in [0.3, 0.4) is 0 Å². The molecule has 0 aliphatic carbocycles. The number of benzene rings is 9. The molecule has 70 heavy (non-hydrogen) atoms. The van der Waals surface area contributed by atoms with Gasteiger partial charge in [-0.15, -0.1) is 0 Å². The van der Waals surface area contributed by atoms with Crippen molar-refractivity contribution in [2.24, 2.45) is 0 Å². The van der Waals surface area contributed by atoms with E-state index in [1.165, 1.54) is 3.57 Å². The Hall–Kier alpha value is -1.95. The first kappa shape index (κ1) is 62.3. The van der Waals surface area contributed by atoms with Gasteiger partial charge in [0.25, 0.3) is 6.47 Å². The number of para-hydroxylation sites is 6. The summed E-state index contributed by atoms with van der Waals surface area (Å²) >= 11 is 17.1. The first-order valence-corrected chi connectivity index (χ1v) is 24.8. The van der Waals surface area contributed by atoms with Crippen molar-refractivity contribution in [2.45, 2.75) is 0 Å². The van der Waals surface area contributed by atoms with Gasteiger partial charge in [0.05, 0.1) is 22.7 Å². The van der Waals surface area contributed by atoms with E-state index in [-0.39, 0.29) is 128 Å². The summed E-state index contributed by atoms with van der Waals surface area (Å²) in [4.78, 5) is 18.0. The molecule has 0 spiro atoms. The van der Waals surface area contributed by atoms with E-state index < -0.39 is 0 Å². The Morgan fingerprint density at radius 2 is 0.629 bits per heavy atom. The average Bonchev–Trinajstić information content (AvgIpc) is 3.36. The Bertz CT molecular complexity index is 2800. The van der Waals surface area contributed by atoms with Crippen molar-refractivity contribution in [3.63, 3.8) is 0 Å². The fourth-order valence-corrected chi connectivity index (χ4v) is 9.00. The van der Waals surface area contributed by atoms with Gasteiger partial charge in [0, 0.05) is 72.7 Å². The molecule has 0 aliphatic rings. The number of carbonyl (C=O) groups excluding carboxylic acids is 1. The molecule has 15 heteroatoms. The minimum Gasteiger partial charge on any atom is -1.00 e. The van der Waals surface area contributed by atoms with Crippen molar-refractivity contribution < 1.29 is 136 Å². The number of rotatable bonds is 10. The summed E-state index contributed by atoms with van der Waals surface area (Å²) in [6, 6.07) is 80.6. The van der Waals surface area contributed by atoms with Crippen LogP contribution in [0.2, 0.25) is 0 Å². The topological polar surface area (TPSA) is 85.1 Å². The molecule has 0 aromatic heterocycles. The molecule has 0 aliphatic heterocycles. The van der Waals surface area contributed by atoms with Gasteiger partial charge in [-0.3, -0.25) is 4.79 Å². The van der Waals surface area contributed by atoms with Gasteiger partial charge in [-0.25, -0.2) is 0 Å². The van der Waals surface area contributed by atoms with E-state index in [0.29, 0.717) is 0 Å². The number of nitrogens with two attached hydrogens (primary N) is 1. The molecule has 0 saturated heterocycles. The van der Waals surface area contributed by atoms with Gasteiger partial charge in [0.2, 0.25) is 0 Å². The van der Waals surface area contributed by atoms with E-state index in [1.54, 1.807) is 0 Å². The number of nitrogens with zero attached hydrogens (tertiary/aromatic N) is 3. The molecule has 7 nitrogen and oxygen atoms in total. The van der Waals surface area contributed by atoms with Crippen molar-refractivity contribution in [3.8, 4) is 0 Å². The van der Waals surface area contributed by atoms with E-state index in [1.807, 2.05) is 103 Å². The monoisotopic (exact) mass is 1390 g/mol. The van der Waals surface area contributed by atoms with Crippen LogP contribution in [0.4, 0.5) is 56.9 Å². The first-order chi connectivity index (χ1) is 32.7. The van der Waals surface area contributed by atoms with Crippen LogP contribution >= 0.6 is 86.3 Å². The predicted molar refractivity (Wildman–Crippen MR) is 300 cm³/mol. The van der Waals surface area contributed by atoms with Crippen molar-refractivity contribution in [1.82, 2.24) is 0 Å². The van der Waals surface area contributed by atoms with Crippen LogP contribution in [-0.4, -0.2) is 6.47 Å². The number of halogens is 5. The largest absolute Gasteiger partial charge is 1.00 e. The van der Waals surface area contributed by atoms with Crippen LogP contribution in [0.25, 0.3) is 0 Å². The van der Waals surface area contributed by atoms with Gasteiger partial charge >= 0.3 is 103 Å². The van der Waals surface area contributed by atoms with Crippen molar-refractivity contribution in [1.29, 1.82) is 0 Å². The Morgan fingerprint density at radius 3 is 0.886 bits per heavy atom. The number of anilines is 10. The third kappa shape index (κ3) is 18.5. The molecule has 0 atom stereocenters. The van der Waals surface area contributed by atoms with Gasteiger partial charge in [-0.2, -0.15) is 0 Å². The van der Waals surface area contributed by atoms with Gasteiger partial charge < -0.3 is 32.0 Å². The molecule has 2 N–H and O–H groups in total. The van der Waals surface area contributed by atoms with Crippen LogP contribution < -0.4 is 128 Å². The molecule has 0 bridgehead atoms. The Kier molecular flexibility index (Phi) is 30.1. The maximum atomic E-state index is 8.64. The summed E-state index contributed by atoms with van der Waals surface area (Å²) in [6.07, 6.45) is 0. The number of nitrogen functional groups attached to an aromatic ring is 1. The van der Waals surface area contributed by atoms with Crippen LogP contribution in [0, 0.1) is 3.57 Å². The molecule has 9 rings (SSSR count). The molecule has 0 saturated carbocycles. The van der Waals surface area contributed by atoms with Crippen LogP contribution in [0.5, 0.6) is 0 Å².